The zero-order chi connectivity index (χ0) is 34.6. The van der Waals surface area contributed by atoms with Gasteiger partial charge in [-0.2, -0.15) is 20.5 Å². The van der Waals surface area contributed by atoms with E-state index in [9.17, 15) is 15.3 Å². The number of nitriles is 2. The van der Waals surface area contributed by atoms with E-state index in [0.29, 0.717) is 54.2 Å². The number of anilines is 1. The van der Waals surface area contributed by atoms with Crippen LogP contribution in [0.1, 0.15) is 36.0 Å². The molecule has 0 saturated carbocycles. The van der Waals surface area contributed by atoms with Crippen molar-refractivity contribution in [3.8, 4) is 29.4 Å². The lowest BCUT2D eigenvalue weighted by atomic mass is 9.95. The van der Waals surface area contributed by atoms with E-state index in [-0.39, 0.29) is 25.1 Å². The lowest BCUT2D eigenvalue weighted by molar-refractivity contribution is 0.0768. The Morgan fingerprint density at radius 3 is 2.56 bits per heavy atom. The average molecular weight is 667 g/mol. The standard InChI is InChI=1S/C39H38N8O3/c1-26-9-6-12-28-13-7-15-31(34(26)28)35-32(21-41)36-33(22-42-35)37(44-38(43-36)49-25-30-14-8-18-45(30)2)46-19-20-47(29(23-46)16-17-40)39(48)50-24-27-10-4-3-5-11-27/h3-7,9-13,15,22,29-30H,8,14,16,18-20,23-25H2,1-2H3/t29-,30-/m0/s1. The summed E-state index contributed by atoms with van der Waals surface area (Å²) in [4.78, 5) is 33.8. The molecule has 0 N–H and O–H groups in total. The third-order valence-electron chi connectivity index (χ3n) is 9.81. The third-order valence-corrected chi connectivity index (χ3v) is 9.81. The quantitative estimate of drug-likeness (QED) is 0.188. The van der Waals surface area contributed by atoms with Gasteiger partial charge in [-0.05, 0) is 55.3 Å². The van der Waals surface area contributed by atoms with Gasteiger partial charge in [-0.1, -0.05) is 66.7 Å². The van der Waals surface area contributed by atoms with E-state index in [4.69, 9.17) is 24.4 Å². The van der Waals surface area contributed by atoms with Gasteiger partial charge in [-0.15, -0.1) is 0 Å². The van der Waals surface area contributed by atoms with E-state index >= 15 is 0 Å². The molecular formula is C39H38N8O3. The van der Waals surface area contributed by atoms with Crippen LogP contribution in [-0.4, -0.2) is 82.8 Å². The number of aromatic nitrogens is 3. The number of pyridine rings is 1. The molecule has 0 unspecified atom stereocenters. The number of carbonyl (C=O) groups excluding carboxylic acids is 1. The first kappa shape index (κ1) is 32.8. The summed E-state index contributed by atoms with van der Waals surface area (Å²) in [6.07, 6.45) is 3.50. The fourth-order valence-electron chi connectivity index (χ4n) is 7.13. The van der Waals surface area contributed by atoms with Crippen molar-refractivity contribution in [1.29, 1.82) is 10.5 Å². The number of amides is 1. The minimum atomic E-state index is -0.463. The topological polar surface area (TPSA) is 132 Å². The van der Waals surface area contributed by atoms with Gasteiger partial charge in [0.05, 0.1) is 29.6 Å². The van der Waals surface area contributed by atoms with Crippen molar-refractivity contribution >= 4 is 33.6 Å². The molecule has 2 aliphatic heterocycles. The summed E-state index contributed by atoms with van der Waals surface area (Å²) in [6, 6.07) is 26.3. The molecular weight excluding hydrogens is 628 g/mol. The number of ether oxygens (including phenoxy) is 2. The summed E-state index contributed by atoms with van der Waals surface area (Å²) in [6.45, 7) is 4.70. The number of likely N-dealkylation sites (tertiary alicyclic amines) is 1. The van der Waals surface area contributed by atoms with Crippen LogP contribution in [0, 0.1) is 29.6 Å². The molecule has 2 fully saturated rings. The maximum atomic E-state index is 13.3. The molecule has 4 heterocycles. The molecule has 0 radical (unpaired) electrons. The van der Waals surface area contributed by atoms with Crippen molar-refractivity contribution in [3.63, 3.8) is 0 Å². The van der Waals surface area contributed by atoms with Gasteiger partial charge < -0.3 is 24.2 Å². The summed E-state index contributed by atoms with van der Waals surface area (Å²) in [5, 5.41) is 23.1. The zero-order valence-electron chi connectivity index (χ0n) is 28.2. The summed E-state index contributed by atoms with van der Waals surface area (Å²) in [5.41, 5.74) is 4.15. The van der Waals surface area contributed by atoms with E-state index in [1.54, 1.807) is 11.1 Å². The second-order valence-corrected chi connectivity index (χ2v) is 12.9. The van der Waals surface area contributed by atoms with Crippen LogP contribution in [0.2, 0.25) is 0 Å². The molecule has 0 aliphatic carbocycles. The second kappa shape index (κ2) is 14.4. The first-order valence-corrected chi connectivity index (χ1v) is 17.0. The first-order valence-electron chi connectivity index (χ1n) is 17.0. The number of nitrogens with zero attached hydrogens (tertiary/aromatic N) is 8. The van der Waals surface area contributed by atoms with Crippen LogP contribution in [-0.2, 0) is 11.3 Å². The van der Waals surface area contributed by atoms with Crippen molar-refractivity contribution in [2.75, 3.05) is 44.7 Å². The molecule has 1 amide bonds. The van der Waals surface area contributed by atoms with E-state index in [1.807, 2.05) is 53.4 Å². The Labute approximate surface area is 291 Å². The highest BCUT2D eigenvalue weighted by Crippen LogP contribution is 2.37. The Hall–Kier alpha value is -5.78. The van der Waals surface area contributed by atoms with Crippen LogP contribution in [0.3, 0.4) is 0 Å². The number of benzene rings is 3. The molecule has 0 bridgehead atoms. The van der Waals surface area contributed by atoms with Crippen LogP contribution in [0.4, 0.5) is 10.6 Å². The molecule has 2 atom stereocenters. The fourth-order valence-corrected chi connectivity index (χ4v) is 7.13. The van der Waals surface area contributed by atoms with Crippen LogP contribution >= 0.6 is 0 Å². The Kier molecular flexibility index (Phi) is 9.41. The number of hydrogen-bond acceptors (Lipinski definition) is 10. The second-order valence-electron chi connectivity index (χ2n) is 12.9. The van der Waals surface area contributed by atoms with Crippen LogP contribution in [0.5, 0.6) is 6.01 Å². The summed E-state index contributed by atoms with van der Waals surface area (Å²) in [7, 11) is 2.09. The third kappa shape index (κ3) is 6.48. The number of piperazine rings is 1. The monoisotopic (exact) mass is 666 g/mol. The van der Waals surface area contributed by atoms with E-state index in [0.717, 1.165) is 46.8 Å². The molecule has 3 aromatic carbocycles. The Bertz CT molecular complexity index is 2120. The molecule has 2 aliphatic rings. The first-order chi connectivity index (χ1) is 24.4. The number of aryl methyl sites for hydroxylation is 1. The number of hydrogen-bond donors (Lipinski definition) is 0. The molecule has 2 saturated heterocycles. The Balaban J connectivity index is 1.26. The molecule has 0 spiro atoms. The van der Waals surface area contributed by atoms with Gasteiger partial charge in [0.1, 0.15) is 36.2 Å². The van der Waals surface area contributed by atoms with Gasteiger partial charge in [-0.3, -0.25) is 4.98 Å². The van der Waals surface area contributed by atoms with Crippen LogP contribution in [0.15, 0.2) is 72.9 Å². The maximum Gasteiger partial charge on any atom is 0.410 e. The molecule has 11 nitrogen and oxygen atoms in total. The summed E-state index contributed by atoms with van der Waals surface area (Å²) in [5.74, 6) is 0.551. The highest BCUT2D eigenvalue weighted by atomic mass is 16.6. The van der Waals surface area contributed by atoms with Gasteiger partial charge in [0.25, 0.3) is 0 Å². The molecule has 11 heteroatoms. The van der Waals surface area contributed by atoms with Crippen molar-refractivity contribution in [2.45, 2.75) is 44.9 Å². The number of carbonyl (C=O) groups is 1. The minimum absolute atomic E-state index is 0.115. The normalized spacial score (nSPS) is 17.8. The SMILES string of the molecule is Cc1cccc2cccc(-c3ncc4c(N5CCN(C(=O)OCc6ccccc6)[C@@H](CC#N)C5)nc(OC[C@@H]5CCCN5C)nc4c3C#N)c12. The smallest absolute Gasteiger partial charge is 0.410 e. The molecule has 50 heavy (non-hydrogen) atoms. The predicted molar refractivity (Wildman–Crippen MR) is 190 cm³/mol. The van der Waals surface area contributed by atoms with Gasteiger partial charge in [0.2, 0.25) is 0 Å². The van der Waals surface area contributed by atoms with Crippen LogP contribution in [0.25, 0.3) is 32.9 Å². The highest BCUT2D eigenvalue weighted by Gasteiger charge is 2.34. The van der Waals surface area contributed by atoms with Crippen molar-refractivity contribution < 1.29 is 14.3 Å². The summed E-state index contributed by atoms with van der Waals surface area (Å²) >= 11 is 0. The van der Waals surface area contributed by atoms with E-state index in [1.165, 1.54) is 0 Å². The lowest BCUT2D eigenvalue weighted by Gasteiger charge is -2.40. The van der Waals surface area contributed by atoms with Crippen molar-refractivity contribution in [3.05, 3.63) is 89.6 Å². The number of fused-ring (bicyclic) bond motifs is 2. The van der Waals surface area contributed by atoms with Gasteiger partial charge >= 0.3 is 12.1 Å². The Morgan fingerprint density at radius 1 is 0.980 bits per heavy atom. The Morgan fingerprint density at radius 2 is 1.80 bits per heavy atom. The molecule has 252 valence electrons. The molecule has 5 aromatic rings. The largest absolute Gasteiger partial charge is 0.462 e. The number of likely N-dealkylation sites (N-methyl/N-ethyl adjacent to an activating group) is 1. The van der Waals surface area contributed by atoms with Crippen molar-refractivity contribution in [2.24, 2.45) is 0 Å². The number of rotatable bonds is 8. The van der Waals surface area contributed by atoms with Gasteiger partial charge in [0, 0.05) is 37.4 Å². The predicted octanol–water partition coefficient (Wildman–Crippen LogP) is 6.24. The average Bonchev–Trinajstić information content (AvgIpc) is 3.56. The highest BCUT2D eigenvalue weighted by molar-refractivity contribution is 6.03. The van der Waals surface area contributed by atoms with Crippen molar-refractivity contribution in [1.82, 2.24) is 24.8 Å². The minimum Gasteiger partial charge on any atom is -0.462 e. The zero-order valence-corrected chi connectivity index (χ0v) is 28.2. The van der Waals surface area contributed by atoms with Gasteiger partial charge in [0.15, 0.2) is 0 Å². The van der Waals surface area contributed by atoms with Crippen LogP contribution < -0.4 is 9.64 Å². The van der Waals surface area contributed by atoms with E-state index in [2.05, 4.69) is 49.2 Å². The maximum absolute atomic E-state index is 13.3. The summed E-state index contributed by atoms with van der Waals surface area (Å²) < 4.78 is 11.9. The van der Waals surface area contributed by atoms with Gasteiger partial charge in [-0.25, -0.2) is 4.79 Å². The lowest BCUT2D eigenvalue weighted by Crippen LogP contribution is -2.55. The molecule has 7 rings (SSSR count). The fraction of sp³-hybridized carbons (Fsp3) is 0.333. The van der Waals surface area contributed by atoms with E-state index < -0.39 is 12.1 Å². The molecule has 2 aromatic heterocycles.